The van der Waals surface area contributed by atoms with Crippen molar-refractivity contribution in [2.75, 3.05) is 0 Å². The molecule has 0 amide bonds. The van der Waals surface area contributed by atoms with Gasteiger partial charge in [-0.2, -0.15) is 0 Å². The lowest BCUT2D eigenvalue weighted by Gasteiger charge is -2.28. The van der Waals surface area contributed by atoms with Gasteiger partial charge < -0.3 is 9.67 Å². The van der Waals surface area contributed by atoms with Gasteiger partial charge in [0.25, 0.3) is 0 Å². The average Bonchev–Trinajstić information content (AvgIpc) is 2.95. The number of aromatic nitrogens is 1. The number of phenolic OH excluding ortho intramolecular Hbond substituents is 1. The monoisotopic (exact) mass is 415 g/mol. The van der Waals surface area contributed by atoms with Crippen molar-refractivity contribution in [3.63, 3.8) is 0 Å². The molecule has 0 saturated heterocycles. The SMILES string of the molecule is CC(=O)Sc1cc(C(=O)c2cc(C(C)(C)C)c(O)c(C(C)(C)C)c2)cn1C(C)C. The molecule has 5 heteroatoms. The van der Waals surface area contributed by atoms with Gasteiger partial charge in [-0.15, -0.1) is 0 Å². The Balaban J connectivity index is 2.66. The summed E-state index contributed by atoms with van der Waals surface area (Å²) in [6, 6.07) is 5.53. The van der Waals surface area contributed by atoms with Crippen LogP contribution in [0.2, 0.25) is 0 Å². The highest BCUT2D eigenvalue weighted by atomic mass is 32.2. The topological polar surface area (TPSA) is 59.3 Å². The van der Waals surface area contributed by atoms with Gasteiger partial charge in [0.2, 0.25) is 0 Å². The highest BCUT2D eigenvalue weighted by molar-refractivity contribution is 8.13. The Morgan fingerprint density at radius 3 is 1.79 bits per heavy atom. The van der Waals surface area contributed by atoms with E-state index in [9.17, 15) is 14.7 Å². The molecule has 4 nitrogen and oxygen atoms in total. The minimum atomic E-state index is -0.306. The summed E-state index contributed by atoms with van der Waals surface area (Å²) in [7, 11) is 0. The van der Waals surface area contributed by atoms with Crippen LogP contribution in [0.3, 0.4) is 0 Å². The van der Waals surface area contributed by atoms with Gasteiger partial charge in [0.15, 0.2) is 10.9 Å². The summed E-state index contributed by atoms with van der Waals surface area (Å²) >= 11 is 1.14. The second-order valence-electron chi connectivity index (χ2n) is 9.91. The fraction of sp³-hybridized carbons (Fsp3) is 0.500. The molecule has 0 radical (unpaired) electrons. The largest absolute Gasteiger partial charge is 0.507 e. The Bertz CT molecular complexity index is 905. The Kier molecular flexibility index (Phi) is 6.43. The van der Waals surface area contributed by atoms with E-state index in [4.69, 9.17) is 0 Å². The van der Waals surface area contributed by atoms with Crippen LogP contribution in [0.25, 0.3) is 0 Å². The maximum absolute atomic E-state index is 13.4. The lowest BCUT2D eigenvalue weighted by molar-refractivity contribution is -0.109. The highest BCUT2D eigenvalue weighted by Gasteiger charge is 2.28. The zero-order valence-electron chi connectivity index (χ0n) is 19.0. The smallest absolute Gasteiger partial charge is 0.194 e. The second-order valence-corrected chi connectivity index (χ2v) is 11.1. The number of nitrogens with zero attached hydrogens (tertiary/aromatic N) is 1. The van der Waals surface area contributed by atoms with E-state index in [0.717, 1.165) is 27.9 Å². The normalized spacial score (nSPS) is 12.5. The number of aromatic hydroxyl groups is 1. The van der Waals surface area contributed by atoms with Crippen LogP contribution in [-0.4, -0.2) is 20.6 Å². The molecule has 0 spiro atoms. The predicted molar refractivity (Wildman–Crippen MR) is 120 cm³/mol. The van der Waals surface area contributed by atoms with Crippen LogP contribution in [0.4, 0.5) is 0 Å². The van der Waals surface area contributed by atoms with Crippen LogP contribution < -0.4 is 0 Å². The van der Waals surface area contributed by atoms with E-state index in [1.165, 1.54) is 6.92 Å². The molecule has 0 fully saturated rings. The standard InChI is InChI=1S/C24H33NO3S/c1-14(2)25-13-17(12-20(25)29-15(3)26)21(27)16-10-18(23(4,5)6)22(28)19(11-16)24(7,8)9/h10-14,28H,1-9H3. The molecule has 1 aromatic carbocycles. The Morgan fingerprint density at radius 2 is 1.41 bits per heavy atom. The molecule has 0 unspecified atom stereocenters. The van der Waals surface area contributed by atoms with E-state index in [0.29, 0.717) is 11.1 Å². The molecule has 0 bridgehead atoms. The molecule has 0 saturated carbocycles. The van der Waals surface area contributed by atoms with Crippen molar-refractivity contribution < 1.29 is 14.7 Å². The number of rotatable bonds is 4. The van der Waals surface area contributed by atoms with E-state index in [1.54, 1.807) is 18.2 Å². The lowest BCUT2D eigenvalue weighted by atomic mass is 9.78. The summed E-state index contributed by atoms with van der Waals surface area (Å²) < 4.78 is 1.95. The summed E-state index contributed by atoms with van der Waals surface area (Å²) in [5.74, 6) is 0.153. The second kappa shape index (κ2) is 8.02. The molecule has 2 rings (SSSR count). The molecule has 0 aliphatic heterocycles. The van der Waals surface area contributed by atoms with Gasteiger partial charge in [0.05, 0.1) is 5.03 Å². The van der Waals surface area contributed by atoms with E-state index >= 15 is 0 Å². The molecule has 1 N–H and O–H groups in total. The first-order chi connectivity index (χ1) is 13.1. The van der Waals surface area contributed by atoms with Crippen LogP contribution in [0.5, 0.6) is 5.75 Å². The highest BCUT2D eigenvalue weighted by Crippen LogP contribution is 2.40. The molecular weight excluding hydrogens is 382 g/mol. The van der Waals surface area contributed by atoms with E-state index < -0.39 is 0 Å². The van der Waals surface area contributed by atoms with Crippen molar-refractivity contribution in [1.29, 1.82) is 0 Å². The number of hydrogen-bond acceptors (Lipinski definition) is 4. The van der Waals surface area contributed by atoms with Crippen LogP contribution in [-0.2, 0) is 15.6 Å². The summed E-state index contributed by atoms with van der Waals surface area (Å²) in [5.41, 5.74) is 2.01. The molecule has 1 heterocycles. The average molecular weight is 416 g/mol. The first-order valence-corrected chi connectivity index (χ1v) is 10.8. The van der Waals surface area contributed by atoms with Gasteiger partial charge in [-0.1, -0.05) is 41.5 Å². The quantitative estimate of drug-likeness (QED) is 0.474. The predicted octanol–water partition coefficient (Wildman–Crippen LogP) is 6.24. The van der Waals surface area contributed by atoms with Crippen LogP contribution in [0.1, 0.15) is 95.4 Å². The van der Waals surface area contributed by atoms with E-state index in [-0.39, 0.29) is 33.5 Å². The minimum Gasteiger partial charge on any atom is -0.507 e. The van der Waals surface area contributed by atoms with Crippen molar-refractivity contribution in [1.82, 2.24) is 4.57 Å². The van der Waals surface area contributed by atoms with Crippen LogP contribution >= 0.6 is 11.8 Å². The Labute approximate surface area is 178 Å². The maximum atomic E-state index is 13.4. The maximum Gasteiger partial charge on any atom is 0.194 e. The summed E-state index contributed by atoms with van der Waals surface area (Å²) in [6.07, 6.45) is 1.82. The van der Waals surface area contributed by atoms with Gasteiger partial charge >= 0.3 is 0 Å². The van der Waals surface area contributed by atoms with Crippen molar-refractivity contribution in [2.24, 2.45) is 0 Å². The van der Waals surface area contributed by atoms with Crippen molar-refractivity contribution in [3.8, 4) is 5.75 Å². The van der Waals surface area contributed by atoms with Crippen LogP contribution in [0.15, 0.2) is 29.4 Å². The summed E-state index contributed by atoms with van der Waals surface area (Å²) in [4.78, 5) is 25.0. The summed E-state index contributed by atoms with van der Waals surface area (Å²) in [5, 5.41) is 11.7. The molecule has 2 aromatic rings. The van der Waals surface area contributed by atoms with E-state index in [2.05, 4.69) is 0 Å². The molecule has 0 atom stereocenters. The van der Waals surface area contributed by atoms with Gasteiger partial charge in [-0.05, 0) is 54.6 Å². The number of phenols is 1. The third-order valence-electron chi connectivity index (χ3n) is 4.87. The van der Waals surface area contributed by atoms with Crippen molar-refractivity contribution >= 4 is 22.7 Å². The van der Waals surface area contributed by atoms with Crippen molar-refractivity contribution in [2.45, 2.75) is 84.2 Å². The first kappa shape index (κ1) is 23.3. The molecular formula is C24H33NO3S. The van der Waals surface area contributed by atoms with Crippen LogP contribution in [0, 0.1) is 0 Å². The third-order valence-corrected chi connectivity index (χ3v) is 5.69. The Hall–Kier alpha value is -2.01. The lowest BCUT2D eigenvalue weighted by Crippen LogP contribution is -2.19. The van der Waals surface area contributed by atoms with Crippen molar-refractivity contribution in [3.05, 3.63) is 46.6 Å². The van der Waals surface area contributed by atoms with Gasteiger partial charge in [-0.25, -0.2) is 0 Å². The first-order valence-electron chi connectivity index (χ1n) is 9.96. The zero-order valence-corrected chi connectivity index (χ0v) is 19.8. The number of carbonyl (C=O) groups is 2. The molecule has 1 aromatic heterocycles. The molecule has 158 valence electrons. The molecule has 29 heavy (non-hydrogen) atoms. The number of ketones is 1. The fourth-order valence-corrected chi connectivity index (χ4v) is 4.14. The number of carbonyl (C=O) groups excluding carboxylic acids is 2. The number of benzene rings is 1. The minimum absolute atomic E-state index is 0.0151. The summed E-state index contributed by atoms with van der Waals surface area (Å²) in [6.45, 7) is 17.7. The third kappa shape index (κ3) is 5.13. The van der Waals surface area contributed by atoms with Gasteiger partial charge in [0.1, 0.15) is 5.75 Å². The van der Waals surface area contributed by atoms with Gasteiger partial charge in [0, 0.05) is 41.4 Å². The number of hydrogen-bond donors (Lipinski definition) is 1. The van der Waals surface area contributed by atoms with E-state index in [1.807, 2.05) is 66.2 Å². The molecule has 0 aliphatic rings. The fourth-order valence-electron chi connectivity index (χ4n) is 3.29. The number of thioether (sulfide) groups is 1. The van der Waals surface area contributed by atoms with Gasteiger partial charge in [-0.3, -0.25) is 9.59 Å². The molecule has 0 aliphatic carbocycles. The zero-order chi connectivity index (χ0) is 22.3. The Morgan fingerprint density at radius 1 is 0.931 bits per heavy atom.